The van der Waals surface area contributed by atoms with Crippen molar-refractivity contribution in [1.82, 2.24) is 30.0 Å². The van der Waals surface area contributed by atoms with E-state index in [0.717, 1.165) is 16.8 Å². The van der Waals surface area contributed by atoms with Gasteiger partial charge in [-0.05, 0) is 41.5 Å². The van der Waals surface area contributed by atoms with Gasteiger partial charge in [-0.3, -0.25) is 0 Å². The lowest BCUT2D eigenvalue weighted by Gasteiger charge is -2.07. The van der Waals surface area contributed by atoms with E-state index in [1.807, 2.05) is 43.3 Å². The van der Waals surface area contributed by atoms with E-state index in [4.69, 9.17) is 5.26 Å². The molecule has 27 heavy (non-hydrogen) atoms. The molecular weight excluding hydrogens is 358 g/mol. The molecule has 2 heterocycles. The molecule has 4 rings (SSSR count). The van der Waals surface area contributed by atoms with Gasteiger partial charge in [-0.25, -0.2) is 4.68 Å². The third-order valence-electron chi connectivity index (χ3n) is 4.19. The van der Waals surface area contributed by atoms with Crippen LogP contribution in [0.3, 0.4) is 0 Å². The van der Waals surface area contributed by atoms with Gasteiger partial charge in [-0.15, -0.1) is 22.8 Å². The molecule has 0 aliphatic heterocycles. The molecule has 2 aromatic heterocycles. The summed E-state index contributed by atoms with van der Waals surface area (Å²) in [5.41, 5.74) is 4.38. The Morgan fingerprint density at radius 2 is 1.89 bits per heavy atom. The van der Waals surface area contributed by atoms with Crippen LogP contribution in [0.2, 0.25) is 0 Å². The minimum Gasteiger partial charge on any atom is -0.226 e. The van der Waals surface area contributed by atoms with Gasteiger partial charge < -0.3 is 0 Å². The van der Waals surface area contributed by atoms with Crippen LogP contribution in [-0.4, -0.2) is 30.0 Å². The number of nitriles is 1. The van der Waals surface area contributed by atoms with Gasteiger partial charge in [0.2, 0.25) is 5.82 Å². The van der Waals surface area contributed by atoms with Crippen LogP contribution >= 0.6 is 12.6 Å². The number of benzene rings is 2. The summed E-state index contributed by atoms with van der Waals surface area (Å²) in [6.45, 7) is 2.49. The van der Waals surface area contributed by atoms with Gasteiger partial charge in [0.15, 0.2) is 0 Å². The fourth-order valence-corrected chi connectivity index (χ4v) is 3.06. The summed E-state index contributed by atoms with van der Waals surface area (Å²) in [6.07, 6.45) is 1.69. The van der Waals surface area contributed by atoms with E-state index in [2.05, 4.69) is 39.2 Å². The van der Waals surface area contributed by atoms with E-state index < -0.39 is 0 Å². The maximum atomic E-state index is 8.87. The van der Waals surface area contributed by atoms with Crippen molar-refractivity contribution in [2.75, 3.05) is 0 Å². The highest BCUT2D eigenvalue weighted by atomic mass is 32.1. The van der Waals surface area contributed by atoms with Crippen LogP contribution in [0, 0.1) is 18.3 Å². The zero-order valence-electron chi connectivity index (χ0n) is 14.5. The van der Waals surface area contributed by atoms with Gasteiger partial charge in [0.1, 0.15) is 5.03 Å². The Morgan fingerprint density at radius 3 is 2.63 bits per heavy atom. The number of thiol groups is 1. The third kappa shape index (κ3) is 3.32. The van der Waals surface area contributed by atoms with Crippen molar-refractivity contribution in [3.8, 4) is 23.1 Å². The van der Waals surface area contributed by atoms with Crippen LogP contribution in [0.25, 0.3) is 17.1 Å². The molecule has 0 aliphatic rings. The lowest BCUT2D eigenvalue weighted by Crippen LogP contribution is -2.04. The molecular formula is C19H15N7S. The van der Waals surface area contributed by atoms with E-state index in [1.165, 1.54) is 4.80 Å². The van der Waals surface area contributed by atoms with Crippen LogP contribution in [-0.2, 0) is 6.54 Å². The van der Waals surface area contributed by atoms with Gasteiger partial charge in [-0.1, -0.05) is 30.3 Å². The molecule has 4 aromatic rings. The standard InChI is InChI=1S/C19H15N7S/c1-13-4-2-3-5-17(13)26-19(27)16(11-21-26)18-22-24-25(23-18)12-15-8-6-14(10-20)7-9-15/h2-9,11,27H,12H2,1H3. The fourth-order valence-electron chi connectivity index (χ4n) is 2.74. The highest BCUT2D eigenvalue weighted by molar-refractivity contribution is 7.80. The van der Waals surface area contributed by atoms with Gasteiger partial charge in [0.05, 0.1) is 35.6 Å². The molecule has 0 amide bonds. The first-order valence-electron chi connectivity index (χ1n) is 8.26. The van der Waals surface area contributed by atoms with Gasteiger partial charge in [0, 0.05) is 0 Å². The summed E-state index contributed by atoms with van der Waals surface area (Å²) in [6, 6.07) is 17.3. The largest absolute Gasteiger partial charge is 0.226 e. The SMILES string of the molecule is Cc1ccccc1-n1ncc(-c2nnn(Cc3ccc(C#N)cc3)n2)c1S. The Morgan fingerprint density at radius 1 is 1.11 bits per heavy atom. The van der Waals surface area contributed by atoms with Crippen molar-refractivity contribution in [2.45, 2.75) is 18.5 Å². The first-order chi connectivity index (χ1) is 13.2. The molecule has 8 heteroatoms. The predicted molar refractivity (Wildman–Crippen MR) is 103 cm³/mol. The lowest BCUT2D eigenvalue weighted by atomic mass is 10.1. The Bertz CT molecular complexity index is 1140. The molecule has 0 fully saturated rings. The Kier molecular flexibility index (Phi) is 4.44. The van der Waals surface area contributed by atoms with Crippen LogP contribution in [0.4, 0.5) is 0 Å². The summed E-state index contributed by atoms with van der Waals surface area (Å²) in [5, 5.41) is 26.6. The third-order valence-corrected chi connectivity index (χ3v) is 4.62. The molecule has 0 atom stereocenters. The number of aromatic nitrogens is 6. The zero-order chi connectivity index (χ0) is 18.8. The van der Waals surface area contributed by atoms with Crippen molar-refractivity contribution in [3.05, 3.63) is 71.4 Å². The minimum absolute atomic E-state index is 0.465. The summed E-state index contributed by atoms with van der Waals surface area (Å²) >= 11 is 4.62. The molecule has 0 aliphatic carbocycles. The number of aryl methyl sites for hydroxylation is 1. The quantitative estimate of drug-likeness (QED) is 0.556. The Balaban J connectivity index is 1.60. The van der Waals surface area contributed by atoms with Crippen LogP contribution < -0.4 is 0 Å². The monoisotopic (exact) mass is 373 g/mol. The van der Waals surface area contributed by atoms with E-state index in [-0.39, 0.29) is 0 Å². The fraction of sp³-hybridized carbons (Fsp3) is 0.105. The van der Waals surface area contributed by atoms with Crippen LogP contribution in [0.1, 0.15) is 16.7 Å². The Labute approximate surface area is 161 Å². The number of nitrogens with zero attached hydrogens (tertiary/aromatic N) is 7. The summed E-state index contributed by atoms with van der Waals surface area (Å²) in [4.78, 5) is 1.51. The normalized spacial score (nSPS) is 10.7. The average molecular weight is 373 g/mol. The van der Waals surface area contributed by atoms with Gasteiger partial charge in [0.25, 0.3) is 0 Å². The van der Waals surface area contributed by atoms with Crippen LogP contribution in [0.5, 0.6) is 0 Å². The molecule has 0 saturated heterocycles. The van der Waals surface area contributed by atoms with E-state index in [1.54, 1.807) is 23.0 Å². The predicted octanol–water partition coefficient (Wildman–Crippen LogP) is 3.04. The first kappa shape index (κ1) is 17.0. The lowest BCUT2D eigenvalue weighted by molar-refractivity contribution is 0.573. The second-order valence-corrected chi connectivity index (χ2v) is 6.46. The number of hydrogen-bond donors (Lipinski definition) is 1. The van der Waals surface area contributed by atoms with E-state index >= 15 is 0 Å². The van der Waals surface area contributed by atoms with Crippen molar-refractivity contribution < 1.29 is 0 Å². The summed E-state index contributed by atoms with van der Waals surface area (Å²) in [5.74, 6) is 0.466. The van der Waals surface area contributed by atoms with Crippen molar-refractivity contribution >= 4 is 12.6 Å². The number of para-hydroxylation sites is 1. The second-order valence-electron chi connectivity index (χ2n) is 6.03. The van der Waals surface area contributed by atoms with E-state index in [9.17, 15) is 0 Å². The smallest absolute Gasteiger partial charge is 0.209 e. The van der Waals surface area contributed by atoms with Crippen molar-refractivity contribution in [2.24, 2.45) is 0 Å². The van der Waals surface area contributed by atoms with Crippen LogP contribution in [0.15, 0.2) is 59.8 Å². The molecule has 0 unspecified atom stereocenters. The molecule has 7 nitrogen and oxygen atoms in total. The summed E-state index contributed by atoms with van der Waals surface area (Å²) < 4.78 is 1.76. The molecule has 0 bridgehead atoms. The highest BCUT2D eigenvalue weighted by Gasteiger charge is 2.16. The molecule has 132 valence electrons. The summed E-state index contributed by atoms with van der Waals surface area (Å²) in [7, 11) is 0. The molecule has 0 spiro atoms. The minimum atomic E-state index is 0.465. The average Bonchev–Trinajstić information content (AvgIpc) is 3.29. The first-order valence-corrected chi connectivity index (χ1v) is 8.70. The zero-order valence-corrected chi connectivity index (χ0v) is 15.4. The molecule has 2 aromatic carbocycles. The molecule has 0 saturated carbocycles. The van der Waals surface area contributed by atoms with Crippen molar-refractivity contribution in [1.29, 1.82) is 5.26 Å². The Hall–Kier alpha value is -3.44. The molecule has 0 N–H and O–H groups in total. The molecule has 0 radical (unpaired) electrons. The van der Waals surface area contributed by atoms with E-state index in [0.29, 0.717) is 28.5 Å². The number of rotatable bonds is 4. The number of tetrazole rings is 1. The second kappa shape index (κ2) is 7.05. The maximum absolute atomic E-state index is 8.87. The maximum Gasteiger partial charge on any atom is 0.209 e. The number of hydrogen-bond acceptors (Lipinski definition) is 6. The van der Waals surface area contributed by atoms with Gasteiger partial charge >= 0.3 is 0 Å². The van der Waals surface area contributed by atoms with Crippen molar-refractivity contribution in [3.63, 3.8) is 0 Å². The van der Waals surface area contributed by atoms with Gasteiger partial charge in [-0.2, -0.15) is 15.2 Å². The topological polar surface area (TPSA) is 85.2 Å². The highest BCUT2D eigenvalue weighted by Crippen LogP contribution is 2.26.